The predicted molar refractivity (Wildman–Crippen MR) is 85.2 cm³/mol. The molecular formula is C17H25NO4. The van der Waals surface area contributed by atoms with Gasteiger partial charge in [-0.3, -0.25) is 4.79 Å². The lowest BCUT2D eigenvalue weighted by atomic mass is 10.2. The van der Waals surface area contributed by atoms with Gasteiger partial charge >= 0.3 is 0 Å². The van der Waals surface area contributed by atoms with E-state index < -0.39 is 6.10 Å². The van der Waals surface area contributed by atoms with Crippen molar-refractivity contribution in [1.29, 1.82) is 0 Å². The van der Waals surface area contributed by atoms with E-state index in [2.05, 4.69) is 5.32 Å². The molecule has 1 heterocycles. The minimum atomic E-state index is -0.531. The molecule has 0 saturated carbocycles. The van der Waals surface area contributed by atoms with Crippen LogP contribution in [0.3, 0.4) is 0 Å². The van der Waals surface area contributed by atoms with Crippen LogP contribution in [0.25, 0.3) is 0 Å². The highest BCUT2D eigenvalue weighted by atomic mass is 16.5. The quantitative estimate of drug-likeness (QED) is 0.841. The van der Waals surface area contributed by atoms with Crippen molar-refractivity contribution in [2.45, 2.75) is 51.9 Å². The number of carbonyl (C=O) groups excluding carboxylic acids is 1. The smallest absolute Gasteiger partial charge is 0.253 e. The summed E-state index contributed by atoms with van der Waals surface area (Å²) in [5.74, 6) is 0.481. The van der Waals surface area contributed by atoms with Gasteiger partial charge in [0.05, 0.1) is 24.5 Å². The molecule has 1 fully saturated rings. The first-order valence-corrected chi connectivity index (χ1v) is 7.86. The van der Waals surface area contributed by atoms with Crippen molar-refractivity contribution in [2.24, 2.45) is 0 Å². The third-order valence-electron chi connectivity index (χ3n) is 3.43. The first-order valence-electron chi connectivity index (χ1n) is 7.86. The van der Waals surface area contributed by atoms with Crippen LogP contribution in [0.15, 0.2) is 24.3 Å². The second kappa shape index (κ2) is 8.15. The van der Waals surface area contributed by atoms with Crippen molar-refractivity contribution in [3.05, 3.63) is 24.3 Å². The summed E-state index contributed by atoms with van der Waals surface area (Å²) in [7, 11) is 0. The topological polar surface area (TPSA) is 56.8 Å². The second-order valence-electron chi connectivity index (χ2n) is 5.76. The first-order chi connectivity index (χ1) is 10.6. The van der Waals surface area contributed by atoms with Gasteiger partial charge in [0, 0.05) is 6.61 Å². The van der Waals surface area contributed by atoms with Crippen LogP contribution < -0.4 is 10.1 Å². The highest BCUT2D eigenvalue weighted by Crippen LogP contribution is 2.25. The lowest BCUT2D eigenvalue weighted by Gasteiger charge is -2.18. The molecule has 122 valence electrons. The highest BCUT2D eigenvalue weighted by molar-refractivity contribution is 5.95. The van der Waals surface area contributed by atoms with Gasteiger partial charge in [-0.25, -0.2) is 0 Å². The third kappa shape index (κ3) is 5.00. The van der Waals surface area contributed by atoms with Crippen molar-refractivity contribution in [3.63, 3.8) is 0 Å². The van der Waals surface area contributed by atoms with E-state index in [4.69, 9.17) is 14.2 Å². The van der Waals surface area contributed by atoms with Gasteiger partial charge in [0.25, 0.3) is 5.91 Å². The highest BCUT2D eigenvalue weighted by Gasteiger charge is 2.20. The van der Waals surface area contributed by atoms with Crippen LogP contribution >= 0.6 is 0 Å². The molecule has 2 atom stereocenters. The SMILES string of the molecule is CC(C)Oc1ccccc1NC(=O)[C@@H](C)OC[C@H]1CCCO1. The molecule has 0 bridgehead atoms. The number of hydrogen-bond acceptors (Lipinski definition) is 4. The minimum absolute atomic E-state index is 0.0474. The molecule has 1 N–H and O–H groups in total. The number of carbonyl (C=O) groups is 1. The third-order valence-corrected chi connectivity index (χ3v) is 3.43. The van der Waals surface area contributed by atoms with E-state index in [-0.39, 0.29) is 18.1 Å². The van der Waals surface area contributed by atoms with Crippen LogP contribution in [0.5, 0.6) is 5.75 Å². The summed E-state index contributed by atoms with van der Waals surface area (Å²) in [6, 6.07) is 7.40. The van der Waals surface area contributed by atoms with Crippen LogP contribution in [-0.4, -0.2) is 37.4 Å². The minimum Gasteiger partial charge on any atom is -0.489 e. The number of rotatable bonds is 7. The number of ether oxygens (including phenoxy) is 3. The Labute approximate surface area is 131 Å². The van der Waals surface area contributed by atoms with E-state index in [9.17, 15) is 4.79 Å². The van der Waals surface area contributed by atoms with Gasteiger partial charge in [-0.15, -0.1) is 0 Å². The van der Waals surface area contributed by atoms with Crippen molar-refractivity contribution in [3.8, 4) is 5.75 Å². The summed E-state index contributed by atoms with van der Waals surface area (Å²) in [5, 5.41) is 2.86. The fraction of sp³-hybridized carbons (Fsp3) is 0.588. The summed E-state index contributed by atoms with van der Waals surface area (Å²) in [5.41, 5.74) is 0.661. The number of benzene rings is 1. The zero-order valence-electron chi connectivity index (χ0n) is 13.5. The van der Waals surface area contributed by atoms with Crippen molar-refractivity contribution < 1.29 is 19.0 Å². The van der Waals surface area contributed by atoms with Gasteiger partial charge in [-0.2, -0.15) is 0 Å². The Morgan fingerprint density at radius 3 is 2.82 bits per heavy atom. The van der Waals surface area contributed by atoms with E-state index >= 15 is 0 Å². The summed E-state index contributed by atoms with van der Waals surface area (Å²) in [6.45, 7) is 6.89. The maximum atomic E-state index is 12.2. The molecule has 0 aliphatic carbocycles. The van der Waals surface area contributed by atoms with E-state index in [1.807, 2.05) is 38.1 Å². The monoisotopic (exact) mass is 307 g/mol. The lowest BCUT2D eigenvalue weighted by molar-refractivity contribution is -0.128. The summed E-state index contributed by atoms with van der Waals surface area (Å²) in [6.07, 6.45) is 1.70. The Balaban J connectivity index is 1.87. The molecule has 0 spiro atoms. The Kier molecular flexibility index (Phi) is 6.21. The number of anilines is 1. The fourth-order valence-corrected chi connectivity index (χ4v) is 2.26. The normalized spacial score (nSPS) is 19.2. The Morgan fingerprint density at radius 1 is 1.36 bits per heavy atom. The van der Waals surface area contributed by atoms with Crippen LogP contribution in [0.1, 0.15) is 33.6 Å². The largest absolute Gasteiger partial charge is 0.489 e. The van der Waals surface area contributed by atoms with Gasteiger partial charge in [0.2, 0.25) is 0 Å². The predicted octanol–water partition coefficient (Wildman–Crippen LogP) is 3.00. The molecule has 5 nitrogen and oxygen atoms in total. The van der Waals surface area contributed by atoms with E-state index in [1.54, 1.807) is 6.92 Å². The van der Waals surface area contributed by atoms with E-state index in [1.165, 1.54) is 0 Å². The molecule has 1 aromatic carbocycles. The van der Waals surface area contributed by atoms with Crippen molar-refractivity contribution >= 4 is 11.6 Å². The standard InChI is InChI=1S/C17H25NO4/c1-12(2)22-16-9-5-4-8-15(16)18-17(19)13(3)21-11-14-7-6-10-20-14/h4-5,8-9,12-14H,6-7,10-11H2,1-3H3,(H,18,19)/t13-,14-/m1/s1. The molecular weight excluding hydrogens is 282 g/mol. The van der Waals surface area contributed by atoms with Crippen LogP contribution in [0.4, 0.5) is 5.69 Å². The molecule has 0 aromatic heterocycles. The molecule has 0 radical (unpaired) electrons. The second-order valence-corrected chi connectivity index (χ2v) is 5.76. The first kappa shape index (κ1) is 16.8. The summed E-state index contributed by atoms with van der Waals surface area (Å²) in [4.78, 5) is 12.2. The number of nitrogens with one attached hydrogen (secondary N) is 1. The van der Waals surface area contributed by atoms with E-state index in [0.717, 1.165) is 19.4 Å². The number of hydrogen-bond donors (Lipinski definition) is 1. The molecule has 0 unspecified atom stereocenters. The average Bonchev–Trinajstić information content (AvgIpc) is 2.99. The number of para-hydroxylation sites is 2. The molecule has 1 aromatic rings. The Bertz CT molecular complexity index is 483. The van der Waals surface area contributed by atoms with Gasteiger partial charge in [-0.05, 0) is 45.7 Å². The fourth-order valence-electron chi connectivity index (χ4n) is 2.26. The van der Waals surface area contributed by atoms with Gasteiger partial charge in [0.1, 0.15) is 11.9 Å². The van der Waals surface area contributed by atoms with Crippen LogP contribution in [0.2, 0.25) is 0 Å². The Hall–Kier alpha value is -1.59. The summed E-state index contributed by atoms with van der Waals surface area (Å²) >= 11 is 0. The molecule has 1 saturated heterocycles. The lowest BCUT2D eigenvalue weighted by Crippen LogP contribution is -2.30. The summed E-state index contributed by atoms with van der Waals surface area (Å²) < 4.78 is 16.8. The molecule has 1 aliphatic rings. The van der Waals surface area contributed by atoms with Crippen LogP contribution in [0, 0.1) is 0 Å². The molecule has 2 rings (SSSR count). The number of amides is 1. The van der Waals surface area contributed by atoms with Gasteiger partial charge in [0.15, 0.2) is 0 Å². The molecule has 1 amide bonds. The van der Waals surface area contributed by atoms with Crippen LogP contribution in [-0.2, 0) is 14.3 Å². The maximum Gasteiger partial charge on any atom is 0.253 e. The molecule has 1 aliphatic heterocycles. The zero-order chi connectivity index (χ0) is 15.9. The Morgan fingerprint density at radius 2 is 2.14 bits per heavy atom. The molecule has 22 heavy (non-hydrogen) atoms. The average molecular weight is 307 g/mol. The van der Waals surface area contributed by atoms with Gasteiger partial charge in [-0.1, -0.05) is 12.1 Å². The maximum absolute atomic E-state index is 12.2. The van der Waals surface area contributed by atoms with Crippen molar-refractivity contribution in [1.82, 2.24) is 0 Å². The molecule has 5 heteroatoms. The van der Waals surface area contributed by atoms with E-state index in [0.29, 0.717) is 18.0 Å². The van der Waals surface area contributed by atoms with Gasteiger partial charge < -0.3 is 19.5 Å². The van der Waals surface area contributed by atoms with Crippen molar-refractivity contribution in [2.75, 3.05) is 18.5 Å². The zero-order valence-corrected chi connectivity index (χ0v) is 13.5.